The molecule has 0 heterocycles. The van der Waals surface area contributed by atoms with E-state index in [1.54, 1.807) is 13.8 Å². The van der Waals surface area contributed by atoms with Crippen LogP contribution in [0.4, 0.5) is 0 Å². The molecular formula is C80H150N2O14. The first kappa shape index (κ1) is 94.8. The van der Waals surface area contributed by atoms with Crippen LogP contribution < -0.4 is 10.8 Å². The SMILES string of the molecule is CCCCCC(C)C(CC(C)C(CCCCCCCC(=O)CCCCC(C)(C)CC(C)=O)OCCOCCC)OCCOCCC.CCCCCCCCC(C)C(CCCCCCCC(=O)NCCC(CC(C)=O)CC(C)=O)OC(C)C(=O)ONCCC(CC(C)=O)CC(C)=O. The summed E-state index contributed by atoms with van der Waals surface area (Å²) in [6.07, 6.45) is 36.5. The van der Waals surface area contributed by atoms with Crippen LogP contribution in [0.1, 0.15) is 354 Å². The van der Waals surface area contributed by atoms with Crippen LogP contribution in [-0.4, -0.2) is 124 Å². The van der Waals surface area contributed by atoms with Crippen molar-refractivity contribution in [2.75, 3.05) is 52.7 Å². The van der Waals surface area contributed by atoms with Crippen LogP contribution in [0.2, 0.25) is 0 Å². The van der Waals surface area contributed by atoms with Gasteiger partial charge in [0.05, 0.1) is 44.7 Å². The predicted octanol–water partition coefficient (Wildman–Crippen LogP) is 18.7. The van der Waals surface area contributed by atoms with Crippen molar-refractivity contribution in [3.8, 4) is 0 Å². The molecule has 0 bridgehead atoms. The highest BCUT2D eigenvalue weighted by molar-refractivity contribution is 5.80. The van der Waals surface area contributed by atoms with Crippen molar-refractivity contribution in [3.05, 3.63) is 0 Å². The van der Waals surface area contributed by atoms with E-state index < -0.39 is 12.1 Å². The summed E-state index contributed by atoms with van der Waals surface area (Å²) >= 11 is 0. The molecule has 7 unspecified atom stereocenters. The second-order valence-electron chi connectivity index (χ2n) is 29.6. The maximum absolute atomic E-state index is 12.8. The average Bonchev–Trinajstić information content (AvgIpc) is 1.42. The minimum absolute atomic E-state index is 0.00804. The molecule has 0 radical (unpaired) electrons. The lowest BCUT2D eigenvalue weighted by molar-refractivity contribution is -0.169. The van der Waals surface area contributed by atoms with Gasteiger partial charge in [0.1, 0.15) is 34.7 Å². The van der Waals surface area contributed by atoms with Crippen molar-refractivity contribution in [1.82, 2.24) is 10.8 Å². The molecule has 16 nitrogen and oxygen atoms in total. The number of ether oxygens (including phenoxy) is 5. The molecule has 0 rings (SSSR count). The third-order valence-corrected chi connectivity index (χ3v) is 18.4. The predicted molar refractivity (Wildman–Crippen MR) is 392 cm³/mol. The van der Waals surface area contributed by atoms with Crippen molar-refractivity contribution >= 4 is 46.6 Å². The Morgan fingerprint density at radius 3 is 1.31 bits per heavy atom. The first-order chi connectivity index (χ1) is 45.8. The fraction of sp³-hybridized carbons (Fsp3) is 0.900. The molecule has 0 aromatic carbocycles. The zero-order valence-corrected chi connectivity index (χ0v) is 64.6. The normalized spacial score (nSPS) is 13.9. The standard InChI is InChI=1S/C40H72N2O8.C40H78O6/c1-8-9-10-11-13-16-19-30(2)38(49-35(7)40(48)50-42-25-23-37(28-33(5)45)29-34(6)46)20-17-14-12-15-18-21-39(47)41-24-22-36(26-31(3)43)27-32(4)44;1-9-12-16-21-34(4)39(46-31-29-44-27-11-3)32-35(5)38(45-30-28-43-26-10-2)24-18-15-13-14-17-22-37(42)23-19-20-25-40(7,8)33-36(6)41/h30,35-38,42H,8-29H2,1-7H3,(H,41,47);34-35,38-39H,9-33H2,1-8H3. The Balaban J connectivity index is 0. The third kappa shape index (κ3) is 60.7. The van der Waals surface area contributed by atoms with E-state index >= 15 is 0 Å². The molecule has 0 aromatic rings. The number of carbonyl (C=O) groups excluding carboxylic acids is 8. The second-order valence-corrected chi connectivity index (χ2v) is 29.6. The number of amides is 1. The molecule has 0 aliphatic carbocycles. The highest BCUT2D eigenvalue weighted by Crippen LogP contribution is 2.30. The highest BCUT2D eigenvalue weighted by atomic mass is 16.7. The molecule has 564 valence electrons. The number of unbranched alkanes of at least 4 members (excludes halogenated alkanes) is 16. The number of hydrogen-bond donors (Lipinski definition) is 2. The molecule has 0 saturated heterocycles. The fourth-order valence-electron chi connectivity index (χ4n) is 13.0. The molecule has 1 amide bonds. The summed E-state index contributed by atoms with van der Waals surface area (Å²) in [5.41, 5.74) is 2.75. The number of hydroxylamine groups is 1. The van der Waals surface area contributed by atoms with Gasteiger partial charge in [0, 0.05) is 77.7 Å². The molecule has 0 aromatic heterocycles. The molecule has 16 heteroatoms. The zero-order valence-electron chi connectivity index (χ0n) is 64.6. The van der Waals surface area contributed by atoms with E-state index in [1.807, 2.05) is 0 Å². The van der Waals surface area contributed by atoms with E-state index in [0.29, 0.717) is 127 Å². The van der Waals surface area contributed by atoms with Gasteiger partial charge in [-0.2, -0.15) is 5.48 Å². The van der Waals surface area contributed by atoms with E-state index in [0.717, 1.165) is 129 Å². The number of ketones is 6. The summed E-state index contributed by atoms with van der Waals surface area (Å²) in [6, 6.07) is 0. The van der Waals surface area contributed by atoms with Gasteiger partial charge in [0.15, 0.2) is 6.10 Å². The lowest BCUT2D eigenvalue weighted by Gasteiger charge is -2.31. The largest absolute Gasteiger partial charge is 0.379 e. The fourth-order valence-corrected chi connectivity index (χ4v) is 13.0. The minimum atomic E-state index is -0.733. The quantitative estimate of drug-likeness (QED) is 0.0428. The van der Waals surface area contributed by atoms with Gasteiger partial charge in [0.2, 0.25) is 5.91 Å². The summed E-state index contributed by atoms with van der Waals surface area (Å²) < 4.78 is 30.7. The van der Waals surface area contributed by atoms with Crippen LogP contribution in [0, 0.1) is 35.0 Å². The number of Topliss-reactive ketones (excluding diaryl/α,β-unsaturated/α-hetero) is 6. The molecule has 0 aliphatic rings. The lowest BCUT2D eigenvalue weighted by Crippen LogP contribution is -2.35. The van der Waals surface area contributed by atoms with Gasteiger partial charge >= 0.3 is 5.97 Å². The summed E-state index contributed by atoms with van der Waals surface area (Å²) in [4.78, 5) is 100. The van der Waals surface area contributed by atoms with E-state index in [1.165, 1.54) is 98.3 Å². The van der Waals surface area contributed by atoms with Gasteiger partial charge in [-0.3, -0.25) is 9.59 Å². The van der Waals surface area contributed by atoms with Crippen molar-refractivity contribution in [2.45, 2.75) is 379 Å². The van der Waals surface area contributed by atoms with Crippen molar-refractivity contribution in [3.63, 3.8) is 0 Å². The molecular weight excluding hydrogens is 1210 g/mol. The van der Waals surface area contributed by atoms with Crippen molar-refractivity contribution in [2.24, 2.45) is 35.0 Å². The molecule has 7 atom stereocenters. The Hall–Kier alpha value is -3.28. The molecule has 0 aliphatic heterocycles. The van der Waals surface area contributed by atoms with Crippen molar-refractivity contribution in [1.29, 1.82) is 0 Å². The molecule has 2 N–H and O–H groups in total. The van der Waals surface area contributed by atoms with Crippen LogP contribution in [0.15, 0.2) is 0 Å². The Morgan fingerprint density at radius 2 is 0.812 bits per heavy atom. The molecule has 0 spiro atoms. The Bertz CT molecular complexity index is 1930. The number of rotatable bonds is 69. The van der Waals surface area contributed by atoms with Gasteiger partial charge in [-0.15, -0.1) is 0 Å². The maximum atomic E-state index is 12.8. The Morgan fingerprint density at radius 1 is 0.396 bits per heavy atom. The zero-order chi connectivity index (χ0) is 72.2. The van der Waals surface area contributed by atoms with E-state index in [4.69, 9.17) is 28.5 Å². The summed E-state index contributed by atoms with van der Waals surface area (Å²) in [7, 11) is 0. The second kappa shape index (κ2) is 63.9. The van der Waals surface area contributed by atoms with Gasteiger partial charge in [0.25, 0.3) is 0 Å². The third-order valence-electron chi connectivity index (χ3n) is 18.4. The number of hydrogen-bond acceptors (Lipinski definition) is 15. The average molecular weight is 1360 g/mol. The van der Waals surface area contributed by atoms with Crippen molar-refractivity contribution < 1.29 is 66.9 Å². The topological polar surface area (TPSA) is 216 Å². The molecule has 96 heavy (non-hydrogen) atoms. The Labute approximate surface area is 588 Å². The van der Waals surface area contributed by atoms with Gasteiger partial charge < -0.3 is 57.8 Å². The van der Waals surface area contributed by atoms with E-state index in [2.05, 4.69) is 73.1 Å². The van der Waals surface area contributed by atoms with Gasteiger partial charge in [-0.05, 0) is 160 Å². The first-order valence-electron chi connectivity index (χ1n) is 39.0. The lowest BCUT2D eigenvalue weighted by atomic mass is 9.82. The Kier molecular flexibility index (Phi) is 63.0. The summed E-state index contributed by atoms with van der Waals surface area (Å²) in [5, 5.41) is 2.94. The van der Waals surface area contributed by atoms with E-state index in [-0.39, 0.29) is 70.4 Å². The number of carbonyl (C=O) groups is 8. The highest BCUT2D eigenvalue weighted by Gasteiger charge is 2.28. The van der Waals surface area contributed by atoms with Crippen LogP contribution in [0.5, 0.6) is 0 Å². The minimum Gasteiger partial charge on any atom is -0.379 e. The molecule has 0 saturated carbocycles. The summed E-state index contributed by atoms with van der Waals surface area (Å²) in [6.45, 7) is 34.5. The van der Waals surface area contributed by atoms with Gasteiger partial charge in [-0.1, -0.05) is 178 Å². The smallest absolute Gasteiger partial charge is 0.353 e. The monoisotopic (exact) mass is 1360 g/mol. The maximum Gasteiger partial charge on any atom is 0.353 e. The number of nitrogens with one attached hydrogen (secondary N) is 2. The van der Waals surface area contributed by atoms with Crippen LogP contribution in [0.3, 0.4) is 0 Å². The van der Waals surface area contributed by atoms with Crippen LogP contribution in [-0.2, 0) is 66.9 Å². The van der Waals surface area contributed by atoms with Crippen LogP contribution in [0.25, 0.3) is 0 Å². The summed E-state index contributed by atoms with van der Waals surface area (Å²) in [5.74, 6) is 1.52. The first-order valence-corrected chi connectivity index (χ1v) is 39.0. The van der Waals surface area contributed by atoms with E-state index in [9.17, 15) is 38.4 Å². The van der Waals surface area contributed by atoms with Gasteiger partial charge in [-0.25, -0.2) is 4.79 Å². The molecule has 0 fully saturated rings. The van der Waals surface area contributed by atoms with Crippen LogP contribution >= 0.6 is 0 Å².